The van der Waals surface area contributed by atoms with Crippen LogP contribution in [0.2, 0.25) is 0 Å². The Bertz CT molecular complexity index is 417. The van der Waals surface area contributed by atoms with Gasteiger partial charge in [0, 0.05) is 6.08 Å². The summed E-state index contributed by atoms with van der Waals surface area (Å²) in [7, 11) is 1.64. The highest BCUT2D eigenvalue weighted by Gasteiger charge is 2.11. The fourth-order valence-corrected chi connectivity index (χ4v) is 1.73. The van der Waals surface area contributed by atoms with E-state index in [9.17, 15) is 4.79 Å². The number of hydrogen-bond acceptors (Lipinski definition) is 2. The number of carbonyl (C=O) groups excluding carboxylic acids is 1. The van der Waals surface area contributed by atoms with Gasteiger partial charge in [-0.05, 0) is 38.0 Å². The van der Waals surface area contributed by atoms with Gasteiger partial charge in [0.25, 0.3) is 0 Å². The summed E-state index contributed by atoms with van der Waals surface area (Å²) in [6.07, 6.45) is 2.47. The van der Waals surface area contributed by atoms with E-state index in [4.69, 9.17) is 4.74 Å². The minimum atomic E-state index is -0.0438. The van der Waals surface area contributed by atoms with Crippen LogP contribution in [0.3, 0.4) is 0 Å². The first-order valence-electron chi connectivity index (χ1n) is 6.16. The van der Waals surface area contributed by atoms with Gasteiger partial charge in [-0.2, -0.15) is 0 Å². The fraction of sp³-hybridized carbons (Fsp3) is 0.400. The molecule has 0 fully saturated rings. The van der Waals surface area contributed by atoms with Gasteiger partial charge in [0.15, 0.2) is 0 Å². The van der Waals surface area contributed by atoms with Crippen LogP contribution in [0.25, 0.3) is 0 Å². The normalized spacial score (nSPS) is 11.6. The van der Waals surface area contributed by atoms with Gasteiger partial charge in [0.05, 0.1) is 13.2 Å². The molecule has 0 aliphatic heterocycles. The molecule has 0 spiro atoms. The highest BCUT2D eigenvalue weighted by atomic mass is 16.5. The summed E-state index contributed by atoms with van der Waals surface area (Å²) in [4.78, 5) is 11.7. The highest BCUT2D eigenvalue weighted by Crippen LogP contribution is 2.20. The molecular formula is C15H21NO2. The Labute approximate surface area is 109 Å². The van der Waals surface area contributed by atoms with Crippen molar-refractivity contribution in [1.29, 1.82) is 0 Å². The molecule has 0 aromatic heterocycles. The zero-order valence-corrected chi connectivity index (χ0v) is 11.5. The quantitative estimate of drug-likeness (QED) is 0.811. The van der Waals surface area contributed by atoms with Crippen LogP contribution in [0.1, 0.15) is 38.8 Å². The van der Waals surface area contributed by atoms with Crippen molar-refractivity contribution in [2.45, 2.75) is 33.2 Å². The number of carbonyl (C=O) groups is 1. The second-order valence-electron chi connectivity index (χ2n) is 4.46. The van der Waals surface area contributed by atoms with Crippen LogP contribution in [0.15, 0.2) is 35.9 Å². The molecule has 1 unspecified atom stereocenters. The Morgan fingerprint density at radius 2 is 1.94 bits per heavy atom. The highest BCUT2D eigenvalue weighted by molar-refractivity contribution is 5.88. The fourth-order valence-electron chi connectivity index (χ4n) is 1.73. The summed E-state index contributed by atoms with van der Waals surface area (Å²) in [5.41, 5.74) is 2.09. The van der Waals surface area contributed by atoms with Crippen molar-refractivity contribution < 1.29 is 9.53 Å². The topological polar surface area (TPSA) is 38.3 Å². The number of benzene rings is 1. The third kappa shape index (κ3) is 4.24. The Morgan fingerprint density at radius 1 is 1.33 bits per heavy atom. The lowest BCUT2D eigenvalue weighted by atomic mass is 10.0. The van der Waals surface area contributed by atoms with E-state index in [1.54, 1.807) is 13.2 Å². The van der Waals surface area contributed by atoms with Crippen molar-refractivity contribution in [1.82, 2.24) is 5.32 Å². The second kappa shape index (κ2) is 6.84. The molecular weight excluding hydrogens is 226 g/mol. The molecule has 0 bridgehead atoms. The molecule has 1 aromatic carbocycles. The molecule has 1 atom stereocenters. The largest absolute Gasteiger partial charge is 0.497 e. The molecule has 1 rings (SSSR count). The molecule has 18 heavy (non-hydrogen) atoms. The van der Waals surface area contributed by atoms with Crippen LogP contribution in [0.5, 0.6) is 5.75 Å². The number of nitrogens with one attached hydrogen (secondary N) is 1. The van der Waals surface area contributed by atoms with Crippen LogP contribution < -0.4 is 10.1 Å². The summed E-state index contributed by atoms with van der Waals surface area (Å²) >= 11 is 0. The molecule has 1 aromatic rings. The molecule has 3 nitrogen and oxygen atoms in total. The smallest absolute Gasteiger partial charge is 0.244 e. The van der Waals surface area contributed by atoms with E-state index >= 15 is 0 Å². The molecule has 98 valence electrons. The third-order valence-electron chi connectivity index (χ3n) is 2.66. The standard InChI is InChI=1S/C15H21NO2/c1-5-14(16-15(17)10-11(2)3)12-6-8-13(18-4)9-7-12/h6-10,14H,5H2,1-4H3,(H,16,17). The van der Waals surface area contributed by atoms with Crippen LogP contribution in [-0.2, 0) is 4.79 Å². The van der Waals surface area contributed by atoms with Crippen molar-refractivity contribution in [3.8, 4) is 5.75 Å². The van der Waals surface area contributed by atoms with Crippen LogP contribution in [-0.4, -0.2) is 13.0 Å². The first-order chi connectivity index (χ1) is 8.56. The van der Waals surface area contributed by atoms with Crippen molar-refractivity contribution in [3.63, 3.8) is 0 Å². The Balaban J connectivity index is 2.76. The summed E-state index contributed by atoms with van der Waals surface area (Å²) in [6, 6.07) is 7.82. The predicted octanol–water partition coefficient (Wildman–Crippen LogP) is 3.23. The van der Waals surface area contributed by atoms with Crippen LogP contribution in [0, 0.1) is 0 Å². The van der Waals surface area contributed by atoms with Crippen molar-refractivity contribution in [2.75, 3.05) is 7.11 Å². The Hall–Kier alpha value is -1.77. The maximum atomic E-state index is 11.7. The second-order valence-corrected chi connectivity index (χ2v) is 4.46. The average molecular weight is 247 g/mol. The molecule has 0 aliphatic rings. The van der Waals surface area contributed by atoms with Gasteiger partial charge in [-0.1, -0.05) is 24.6 Å². The lowest BCUT2D eigenvalue weighted by Crippen LogP contribution is -2.26. The summed E-state index contributed by atoms with van der Waals surface area (Å²) in [5.74, 6) is 0.780. The Morgan fingerprint density at radius 3 is 2.39 bits per heavy atom. The number of amides is 1. The van der Waals surface area contributed by atoms with Crippen LogP contribution >= 0.6 is 0 Å². The van der Waals surface area contributed by atoms with Gasteiger partial charge in [0.2, 0.25) is 5.91 Å². The van der Waals surface area contributed by atoms with E-state index in [0.717, 1.165) is 23.3 Å². The minimum absolute atomic E-state index is 0.0407. The van der Waals surface area contributed by atoms with E-state index < -0.39 is 0 Å². The van der Waals surface area contributed by atoms with Crippen molar-refractivity contribution in [3.05, 3.63) is 41.5 Å². The first kappa shape index (κ1) is 14.3. The SMILES string of the molecule is CCC(NC(=O)C=C(C)C)c1ccc(OC)cc1. The molecule has 0 radical (unpaired) electrons. The maximum Gasteiger partial charge on any atom is 0.244 e. The summed E-state index contributed by atoms with van der Waals surface area (Å²) < 4.78 is 5.12. The van der Waals surface area contributed by atoms with E-state index in [0.29, 0.717) is 0 Å². The molecule has 0 saturated heterocycles. The van der Waals surface area contributed by atoms with Gasteiger partial charge >= 0.3 is 0 Å². The molecule has 3 heteroatoms. The predicted molar refractivity (Wildman–Crippen MR) is 73.6 cm³/mol. The van der Waals surface area contributed by atoms with Crippen LogP contribution in [0.4, 0.5) is 0 Å². The summed E-state index contributed by atoms with van der Waals surface area (Å²) in [5, 5.41) is 3.00. The van der Waals surface area contributed by atoms with Gasteiger partial charge in [-0.25, -0.2) is 0 Å². The van der Waals surface area contributed by atoms with E-state index in [2.05, 4.69) is 12.2 Å². The third-order valence-corrected chi connectivity index (χ3v) is 2.66. The summed E-state index contributed by atoms with van der Waals surface area (Å²) in [6.45, 7) is 5.87. The van der Waals surface area contributed by atoms with Gasteiger partial charge in [-0.15, -0.1) is 0 Å². The number of methoxy groups -OCH3 is 1. The molecule has 1 amide bonds. The van der Waals surface area contributed by atoms with Gasteiger partial charge in [0.1, 0.15) is 5.75 Å². The van der Waals surface area contributed by atoms with Crippen molar-refractivity contribution in [2.24, 2.45) is 0 Å². The molecule has 0 saturated carbocycles. The van der Waals surface area contributed by atoms with Gasteiger partial charge in [-0.3, -0.25) is 4.79 Å². The zero-order valence-electron chi connectivity index (χ0n) is 11.5. The monoisotopic (exact) mass is 247 g/mol. The number of hydrogen-bond donors (Lipinski definition) is 1. The number of allylic oxidation sites excluding steroid dienone is 1. The molecule has 0 aliphatic carbocycles. The lowest BCUT2D eigenvalue weighted by Gasteiger charge is -2.16. The van der Waals surface area contributed by atoms with Crippen molar-refractivity contribution >= 4 is 5.91 Å². The first-order valence-corrected chi connectivity index (χ1v) is 6.16. The zero-order chi connectivity index (χ0) is 13.5. The van der Waals surface area contributed by atoms with E-state index in [1.807, 2.05) is 38.1 Å². The number of ether oxygens (including phenoxy) is 1. The lowest BCUT2D eigenvalue weighted by molar-refractivity contribution is -0.117. The average Bonchev–Trinajstić information content (AvgIpc) is 2.35. The maximum absolute atomic E-state index is 11.7. The van der Waals surface area contributed by atoms with Gasteiger partial charge < -0.3 is 10.1 Å². The molecule has 0 heterocycles. The molecule has 1 N–H and O–H groups in total. The van der Waals surface area contributed by atoms with E-state index in [1.165, 1.54) is 0 Å². The number of rotatable bonds is 5. The van der Waals surface area contributed by atoms with E-state index in [-0.39, 0.29) is 11.9 Å². The Kier molecular flexibility index (Phi) is 5.43. The minimum Gasteiger partial charge on any atom is -0.497 e.